The number of rotatable bonds is 5. The highest BCUT2D eigenvalue weighted by atomic mass is 32.2. The molecule has 66 valence electrons. The topological polar surface area (TPSA) is 29.3 Å². The number of likely N-dealkylation sites (N-methyl/N-ethyl adjacent to an activating group) is 1. The molecular formula is C7H16N2S2. The van der Waals surface area contributed by atoms with Crippen LogP contribution in [0.3, 0.4) is 0 Å². The number of thiocarbonyl (C=S) groups is 1. The molecule has 0 heterocycles. The molecule has 0 rings (SSSR count). The highest BCUT2D eigenvalue weighted by Gasteiger charge is 2.07. The Morgan fingerprint density at radius 3 is 2.64 bits per heavy atom. The lowest BCUT2D eigenvalue weighted by molar-refractivity contribution is 0.317. The van der Waals surface area contributed by atoms with Crippen LogP contribution in [0.1, 0.15) is 6.92 Å². The highest BCUT2D eigenvalue weighted by molar-refractivity contribution is 7.98. The molecule has 0 aromatic carbocycles. The van der Waals surface area contributed by atoms with Crippen LogP contribution in [0.25, 0.3) is 0 Å². The number of hydrogen-bond donors (Lipinski definition) is 1. The molecule has 0 saturated carbocycles. The fourth-order valence-corrected chi connectivity index (χ4v) is 1.71. The minimum absolute atomic E-state index is 0.548. The van der Waals surface area contributed by atoms with Gasteiger partial charge in [0.2, 0.25) is 0 Å². The molecular weight excluding hydrogens is 176 g/mol. The molecule has 1 atom stereocenters. The van der Waals surface area contributed by atoms with Crippen LogP contribution in [0.5, 0.6) is 0 Å². The maximum Gasteiger partial charge on any atom is 0.0870 e. The van der Waals surface area contributed by atoms with Crippen molar-refractivity contribution in [2.75, 3.05) is 25.6 Å². The molecule has 2 N–H and O–H groups in total. The molecule has 0 aliphatic carbocycles. The van der Waals surface area contributed by atoms with Gasteiger partial charge in [-0.15, -0.1) is 0 Å². The summed E-state index contributed by atoms with van der Waals surface area (Å²) in [4.78, 5) is 2.74. The van der Waals surface area contributed by atoms with Crippen LogP contribution in [0.4, 0.5) is 0 Å². The summed E-state index contributed by atoms with van der Waals surface area (Å²) in [6, 6.07) is 0.548. The van der Waals surface area contributed by atoms with Gasteiger partial charge < -0.3 is 5.73 Å². The molecule has 0 spiro atoms. The summed E-state index contributed by atoms with van der Waals surface area (Å²) in [7, 11) is 2.04. The third-order valence-electron chi connectivity index (χ3n) is 1.57. The molecule has 1 unspecified atom stereocenters. The summed E-state index contributed by atoms with van der Waals surface area (Å²) in [5, 5.41) is 0. The molecule has 0 aliphatic rings. The van der Waals surface area contributed by atoms with Gasteiger partial charge in [-0.05, 0) is 20.2 Å². The quantitative estimate of drug-likeness (QED) is 0.657. The normalized spacial score (nSPS) is 13.5. The molecule has 0 bridgehead atoms. The molecule has 0 aromatic heterocycles. The Bertz CT molecular complexity index is 128. The van der Waals surface area contributed by atoms with E-state index < -0.39 is 0 Å². The van der Waals surface area contributed by atoms with Crippen molar-refractivity contribution in [2.45, 2.75) is 13.0 Å². The minimum atomic E-state index is 0.548. The van der Waals surface area contributed by atoms with Gasteiger partial charge in [0.15, 0.2) is 0 Å². The van der Waals surface area contributed by atoms with Gasteiger partial charge in [0.05, 0.1) is 4.99 Å². The van der Waals surface area contributed by atoms with Gasteiger partial charge >= 0.3 is 0 Å². The Labute approximate surface area is 78.5 Å². The summed E-state index contributed by atoms with van der Waals surface area (Å²) in [6.07, 6.45) is 2.10. The maximum atomic E-state index is 5.41. The SMILES string of the molecule is CSCC(C)N(C)CC(N)=S. The monoisotopic (exact) mass is 192 g/mol. The molecule has 2 nitrogen and oxygen atoms in total. The smallest absolute Gasteiger partial charge is 0.0870 e. The Kier molecular flexibility index (Phi) is 5.91. The van der Waals surface area contributed by atoms with Crippen molar-refractivity contribution >= 4 is 29.0 Å². The molecule has 4 heteroatoms. The maximum absolute atomic E-state index is 5.41. The third-order valence-corrected chi connectivity index (χ3v) is 2.51. The molecule has 0 radical (unpaired) electrons. The molecule has 0 amide bonds. The first-order valence-electron chi connectivity index (χ1n) is 3.55. The zero-order valence-corrected chi connectivity index (χ0v) is 8.97. The second-order valence-electron chi connectivity index (χ2n) is 2.69. The van der Waals surface area contributed by atoms with Crippen molar-refractivity contribution in [1.29, 1.82) is 0 Å². The van der Waals surface area contributed by atoms with Gasteiger partial charge in [0.1, 0.15) is 0 Å². The number of nitrogens with zero attached hydrogens (tertiary/aromatic N) is 1. The van der Waals surface area contributed by atoms with Gasteiger partial charge in [-0.2, -0.15) is 11.8 Å². The van der Waals surface area contributed by atoms with E-state index in [1.165, 1.54) is 0 Å². The fraction of sp³-hybridized carbons (Fsp3) is 0.857. The van der Waals surface area contributed by atoms with E-state index in [2.05, 4.69) is 18.1 Å². The summed E-state index contributed by atoms with van der Waals surface area (Å²) in [5.74, 6) is 1.12. The Morgan fingerprint density at radius 2 is 2.27 bits per heavy atom. The summed E-state index contributed by atoms with van der Waals surface area (Å²) in [5.41, 5.74) is 5.41. The number of nitrogens with two attached hydrogens (primary N) is 1. The molecule has 0 fully saturated rings. The lowest BCUT2D eigenvalue weighted by Crippen LogP contribution is -2.37. The fourth-order valence-electron chi connectivity index (χ4n) is 0.770. The first-order valence-corrected chi connectivity index (χ1v) is 5.35. The average molecular weight is 192 g/mol. The second-order valence-corrected chi connectivity index (χ2v) is 4.12. The van der Waals surface area contributed by atoms with Crippen LogP contribution in [0.2, 0.25) is 0 Å². The van der Waals surface area contributed by atoms with E-state index >= 15 is 0 Å². The Balaban J connectivity index is 3.63. The zero-order valence-electron chi connectivity index (χ0n) is 7.33. The predicted molar refractivity (Wildman–Crippen MR) is 57.3 cm³/mol. The van der Waals surface area contributed by atoms with Crippen molar-refractivity contribution in [2.24, 2.45) is 5.73 Å². The molecule has 11 heavy (non-hydrogen) atoms. The number of hydrogen-bond acceptors (Lipinski definition) is 3. The van der Waals surface area contributed by atoms with Gasteiger partial charge in [-0.1, -0.05) is 12.2 Å². The van der Waals surface area contributed by atoms with E-state index in [-0.39, 0.29) is 0 Å². The average Bonchev–Trinajstić information content (AvgIpc) is 1.86. The van der Waals surface area contributed by atoms with Crippen LogP contribution in [-0.2, 0) is 0 Å². The van der Waals surface area contributed by atoms with Crippen molar-refractivity contribution in [1.82, 2.24) is 4.90 Å². The molecule has 0 saturated heterocycles. The highest BCUT2D eigenvalue weighted by Crippen LogP contribution is 2.02. The van der Waals surface area contributed by atoms with Crippen LogP contribution in [-0.4, -0.2) is 41.5 Å². The lowest BCUT2D eigenvalue weighted by atomic mass is 10.3. The standard InChI is InChI=1S/C7H16N2S2/c1-6(5-11-3)9(2)4-7(8)10/h6H,4-5H2,1-3H3,(H2,8,10). The summed E-state index contributed by atoms with van der Waals surface area (Å²) in [6.45, 7) is 2.89. The first kappa shape index (κ1) is 11.2. The van der Waals surface area contributed by atoms with Crippen molar-refractivity contribution in [3.63, 3.8) is 0 Å². The Hall–Kier alpha value is 0.200. The van der Waals surface area contributed by atoms with Gasteiger partial charge in [-0.25, -0.2) is 0 Å². The van der Waals surface area contributed by atoms with Crippen LogP contribution in [0, 0.1) is 0 Å². The first-order chi connectivity index (χ1) is 5.07. The molecule has 0 aromatic rings. The van der Waals surface area contributed by atoms with Gasteiger partial charge in [0, 0.05) is 18.3 Å². The van der Waals surface area contributed by atoms with Crippen molar-refractivity contribution in [3.05, 3.63) is 0 Å². The zero-order chi connectivity index (χ0) is 8.85. The minimum Gasteiger partial charge on any atom is -0.392 e. The van der Waals surface area contributed by atoms with E-state index in [0.29, 0.717) is 11.0 Å². The van der Waals surface area contributed by atoms with E-state index in [1.807, 2.05) is 18.8 Å². The van der Waals surface area contributed by atoms with Gasteiger partial charge in [-0.3, -0.25) is 4.90 Å². The van der Waals surface area contributed by atoms with Crippen LogP contribution >= 0.6 is 24.0 Å². The number of thioether (sulfide) groups is 1. The third kappa shape index (κ3) is 5.47. The van der Waals surface area contributed by atoms with Crippen molar-refractivity contribution < 1.29 is 0 Å². The van der Waals surface area contributed by atoms with Gasteiger partial charge in [0.25, 0.3) is 0 Å². The van der Waals surface area contributed by atoms with E-state index in [0.717, 1.165) is 12.3 Å². The second kappa shape index (κ2) is 5.80. The van der Waals surface area contributed by atoms with Crippen LogP contribution in [0.15, 0.2) is 0 Å². The van der Waals surface area contributed by atoms with E-state index in [1.54, 1.807) is 0 Å². The largest absolute Gasteiger partial charge is 0.392 e. The van der Waals surface area contributed by atoms with Crippen molar-refractivity contribution in [3.8, 4) is 0 Å². The predicted octanol–water partition coefficient (Wildman–Crippen LogP) is 0.956. The van der Waals surface area contributed by atoms with E-state index in [4.69, 9.17) is 18.0 Å². The Morgan fingerprint density at radius 1 is 1.73 bits per heavy atom. The summed E-state index contributed by atoms with van der Waals surface area (Å²) >= 11 is 6.64. The van der Waals surface area contributed by atoms with E-state index in [9.17, 15) is 0 Å². The van der Waals surface area contributed by atoms with Crippen LogP contribution < -0.4 is 5.73 Å². The lowest BCUT2D eigenvalue weighted by Gasteiger charge is -2.22. The summed E-state index contributed by atoms with van der Waals surface area (Å²) < 4.78 is 0. The molecule has 0 aliphatic heterocycles.